The van der Waals surface area contributed by atoms with Crippen molar-refractivity contribution in [2.24, 2.45) is 0 Å². The van der Waals surface area contributed by atoms with Crippen LogP contribution in [0.3, 0.4) is 0 Å². The predicted octanol–water partition coefficient (Wildman–Crippen LogP) is 2.50. The summed E-state index contributed by atoms with van der Waals surface area (Å²) in [5.74, 6) is 0.700. The zero-order valence-corrected chi connectivity index (χ0v) is 11.2. The van der Waals surface area contributed by atoms with Gasteiger partial charge in [-0.25, -0.2) is 0 Å². The lowest BCUT2D eigenvalue weighted by Crippen LogP contribution is -2.03. The van der Waals surface area contributed by atoms with Gasteiger partial charge < -0.3 is 15.2 Å². The van der Waals surface area contributed by atoms with Gasteiger partial charge in [0.25, 0.3) is 0 Å². The second-order valence-electron chi connectivity index (χ2n) is 4.29. The fourth-order valence-corrected chi connectivity index (χ4v) is 1.91. The number of nitrogens with zero attached hydrogens (tertiary/aromatic N) is 1. The highest BCUT2D eigenvalue weighted by atomic mass is 16.5. The molecule has 0 spiro atoms. The number of hydrogen-bond donors (Lipinski definition) is 2. The number of anilines is 1. The third-order valence-electron chi connectivity index (χ3n) is 3.05. The van der Waals surface area contributed by atoms with Crippen LogP contribution in [0, 0.1) is 6.92 Å². The van der Waals surface area contributed by atoms with Gasteiger partial charge in [-0.15, -0.1) is 0 Å². The number of methoxy groups -OCH3 is 1. The topological polar surface area (TPSA) is 54.4 Å². The van der Waals surface area contributed by atoms with E-state index in [9.17, 15) is 5.11 Å². The summed E-state index contributed by atoms with van der Waals surface area (Å²) in [5.41, 5.74) is 3.90. The Morgan fingerprint density at radius 2 is 2.11 bits per heavy atom. The fourth-order valence-electron chi connectivity index (χ4n) is 1.91. The average molecular weight is 258 g/mol. The molecule has 2 N–H and O–H groups in total. The molecule has 0 aliphatic carbocycles. The molecular weight excluding hydrogens is 240 g/mol. The molecule has 1 heterocycles. The molecule has 0 aliphatic rings. The molecule has 1 aromatic carbocycles. The molecule has 0 aliphatic heterocycles. The second-order valence-corrected chi connectivity index (χ2v) is 4.29. The molecule has 1 aromatic heterocycles. The number of pyridine rings is 1. The van der Waals surface area contributed by atoms with Crippen LogP contribution in [0.2, 0.25) is 0 Å². The first-order valence-electron chi connectivity index (χ1n) is 6.16. The van der Waals surface area contributed by atoms with Crippen molar-refractivity contribution in [1.29, 1.82) is 0 Å². The Bertz CT molecular complexity index is 556. The van der Waals surface area contributed by atoms with Crippen LogP contribution in [-0.4, -0.2) is 17.2 Å². The van der Waals surface area contributed by atoms with E-state index in [-0.39, 0.29) is 6.61 Å². The first kappa shape index (κ1) is 13.4. The third-order valence-corrected chi connectivity index (χ3v) is 3.05. The second kappa shape index (κ2) is 6.20. The van der Waals surface area contributed by atoms with E-state index in [2.05, 4.69) is 10.3 Å². The Morgan fingerprint density at radius 3 is 2.79 bits per heavy atom. The maximum Gasteiger partial charge on any atom is 0.124 e. The van der Waals surface area contributed by atoms with Gasteiger partial charge >= 0.3 is 0 Å². The molecule has 0 atom stereocenters. The molecule has 0 bridgehead atoms. The number of aromatic nitrogens is 1. The maximum absolute atomic E-state index is 9.29. The highest BCUT2D eigenvalue weighted by Crippen LogP contribution is 2.23. The van der Waals surface area contributed by atoms with E-state index in [1.807, 2.05) is 37.3 Å². The average Bonchev–Trinajstić information content (AvgIpc) is 2.46. The Labute approximate surface area is 113 Å². The molecule has 100 valence electrons. The molecule has 0 saturated carbocycles. The number of hydrogen-bond acceptors (Lipinski definition) is 4. The summed E-state index contributed by atoms with van der Waals surface area (Å²) in [4.78, 5) is 4.25. The van der Waals surface area contributed by atoms with Gasteiger partial charge in [0.2, 0.25) is 0 Å². The van der Waals surface area contributed by atoms with E-state index < -0.39 is 0 Å². The quantitative estimate of drug-likeness (QED) is 0.865. The maximum atomic E-state index is 9.29. The number of rotatable bonds is 5. The molecular formula is C15H18N2O2. The minimum absolute atomic E-state index is 0.0371. The molecule has 19 heavy (non-hydrogen) atoms. The minimum Gasteiger partial charge on any atom is -0.496 e. The predicted molar refractivity (Wildman–Crippen MR) is 75.2 cm³/mol. The number of ether oxygens (including phenoxy) is 1. The van der Waals surface area contributed by atoms with Crippen LogP contribution in [-0.2, 0) is 13.2 Å². The molecule has 0 fully saturated rings. The summed E-state index contributed by atoms with van der Waals surface area (Å²) in [6, 6.07) is 9.65. The molecule has 0 unspecified atom stereocenters. The van der Waals surface area contributed by atoms with E-state index in [4.69, 9.17) is 4.74 Å². The van der Waals surface area contributed by atoms with Crippen LogP contribution in [0.4, 0.5) is 5.69 Å². The Kier molecular flexibility index (Phi) is 4.36. The zero-order valence-electron chi connectivity index (χ0n) is 11.2. The number of aliphatic hydroxyl groups excluding tert-OH is 1. The highest BCUT2D eigenvalue weighted by molar-refractivity contribution is 5.51. The van der Waals surface area contributed by atoms with Gasteiger partial charge in [0, 0.05) is 29.7 Å². The summed E-state index contributed by atoms with van der Waals surface area (Å²) in [5, 5.41) is 12.6. The van der Waals surface area contributed by atoms with Crippen molar-refractivity contribution >= 4 is 5.69 Å². The van der Waals surface area contributed by atoms with Gasteiger partial charge in [0.15, 0.2) is 0 Å². The van der Waals surface area contributed by atoms with Crippen molar-refractivity contribution in [2.75, 3.05) is 12.4 Å². The van der Waals surface area contributed by atoms with E-state index in [1.165, 1.54) is 0 Å². The van der Waals surface area contributed by atoms with Crippen molar-refractivity contribution in [3.8, 4) is 5.75 Å². The molecule has 2 aromatic rings. The van der Waals surface area contributed by atoms with Crippen molar-refractivity contribution in [2.45, 2.75) is 20.1 Å². The van der Waals surface area contributed by atoms with E-state index >= 15 is 0 Å². The fraction of sp³-hybridized carbons (Fsp3) is 0.267. The van der Waals surface area contributed by atoms with Crippen molar-refractivity contribution < 1.29 is 9.84 Å². The molecule has 0 amide bonds. The smallest absolute Gasteiger partial charge is 0.124 e. The number of aryl methyl sites for hydroxylation is 1. The minimum atomic E-state index is -0.0371. The molecule has 0 saturated heterocycles. The van der Waals surface area contributed by atoms with Gasteiger partial charge in [0.05, 0.1) is 13.7 Å². The van der Waals surface area contributed by atoms with E-state index in [0.717, 1.165) is 22.5 Å². The van der Waals surface area contributed by atoms with Gasteiger partial charge in [-0.1, -0.05) is 6.07 Å². The zero-order chi connectivity index (χ0) is 13.7. The molecule has 4 heteroatoms. The van der Waals surface area contributed by atoms with Gasteiger partial charge in [-0.3, -0.25) is 4.98 Å². The Hall–Kier alpha value is -2.07. The lowest BCUT2D eigenvalue weighted by Gasteiger charge is -2.11. The number of benzene rings is 1. The molecule has 4 nitrogen and oxygen atoms in total. The summed E-state index contributed by atoms with van der Waals surface area (Å²) < 4.78 is 5.18. The molecule has 2 rings (SSSR count). The lowest BCUT2D eigenvalue weighted by molar-refractivity contribution is 0.274. The van der Waals surface area contributed by atoms with Gasteiger partial charge in [-0.2, -0.15) is 0 Å². The summed E-state index contributed by atoms with van der Waals surface area (Å²) in [6.45, 7) is 2.66. The normalized spacial score (nSPS) is 10.3. The van der Waals surface area contributed by atoms with Gasteiger partial charge in [0.1, 0.15) is 5.75 Å². The van der Waals surface area contributed by atoms with Crippen molar-refractivity contribution in [1.82, 2.24) is 4.98 Å². The van der Waals surface area contributed by atoms with E-state index in [1.54, 1.807) is 13.3 Å². The lowest BCUT2D eigenvalue weighted by atomic mass is 10.1. The summed E-state index contributed by atoms with van der Waals surface area (Å²) >= 11 is 0. The summed E-state index contributed by atoms with van der Waals surface area (Å²) in [7, 11) is 1.60. The first-order chi connectivity index (χ1) is 9.24. The SMILES string of the molecule is COc1ccc(NCc2cccnc2C)cc1CO. The van der Waals surface area contributed by atoms with Crippen LogP contribution >= 0.6 is 0 Å². The van der Waals surface area contributed by atoms with E-state index in [0.29, 0.717) is 12.3 Å². The van der Waals surface area contributed by atoms with Crippen molar-refractivity contribution in [3.05, 3.63) is 53.3 Å². The van der Waals surface area contributed by atoms with Crippen LogP contribution in [0.1, 0.15) is 16.8 Å². The van der Waals surface area contributed by atoms with Crippen molar-refractivity contribution in [3.63, 3.8) is 0 Å². The molecule has 0 radical (unpaired) electrons. The largest absolute Gasteiger partial charge is 0.496 e. The number of aliphatic hydroxyl groups is 1. The monoisotopic (exact) mass is 258 g/mol. The number of nitrogens with one attached hydrogen (secondary N) is 1. The first-order valence-corrected chi connectivity index (χ1v) is 6.16. The van der Waals surface area contributed by atoms with Gasteiger partial charge in [-0.05, 0) is 36.8 Å². The standard InChI is InChI=1S/C15H18N2O2/c1-11-12(4-3-7-16-11)9-17-14-5-6-15(19-2)13(8-14)10-18/h3-8,17-18H,9-10H2,1-2H3. The van der Waals surface area contributed by atoms with Crippen LogP contribution in [0.25, 0.3) is 0 Å². The van der Waals surface area contributed by atoms with Crippen LogP contribution in [0.15, 0.2) is 36.5 Å². The van der Waals surface area contributed by atoms with Crippen LogP contribution in [0.5, 0.6) is 5.75 Å². The third kappa shape index (κ3) is 3.23. The Morgan fingerprint density at radius 1 is 1.26 bits per heavy atom. The Balaban J connectivity index is 2.10. The summed E-state index contributed by atoms with van der Waals surface area (Å²) in [6.07, 6.45) is 1.79. The highest BCUT2D eigenvalue weighted by Gasteiger charge is 2.04. The van der Waals surface area contributed by atoms with Crippen LogP contribution < -0.4 is 10.1 Å².